The summed E-state index contributed by atoms with van der Waals surface area (Å²) in [5.41, 5.74) is 2.91. The summed E-state index contributed by atoms with van der Waals surface area (Å²) in [6, 6.07) is 4.78. The maximum absolute atomic E-state index is 13.3. The zero-order chi connectivity index (χ0) is 23.8. The fourth-order valence-electron chi connectivity index (χ4n) is 4.26. The first-order valence-corrected chi connectivity index (χ1v) is 10.8. The molecule has 0 atom stereocenters. The summed E-state index contributed by atoms with van der Waals surface area (Å²) in [5.74, 6) is -0.0599. The zero-order valence-corrected chi connectivity index (χ0v) is 18.7. The molecule has 2 aromatic heterocycles. The summed E-state index contributed by atoms with van der Waals surface area (Å²) in [4.78, 5) is 2.17. The van der Waals surface area contributed by atoms with Crippen LogP contribution in [-0.2, 0) is 19.8 Å². The lowest BCUT2D eigenvalue weighted by Crippen LogP contribution is -2.43. The van der Waals surface area contributed by atoms with Gasteiger partial charge in [0.15, 0.2) is 5.82 Å². The molecule has 0 saturated carbocycles. The number of nitrogens with one attached hydrogen (secondary N) is 1. The number of hydrogen-bond acceptors (Lipinski definition) is 5. The molecule has 1 N–H and O–H groups in total. The predicted molar refractivity (Wildman–Crippen MR) is 117 cm³/mol. The Labute approximate surface area is 189 Å². The van der Waals surface area contributed by atoms with Crippen LogP contribution in [0.1, 0.15) is 35.1 Å². The highest BCUT2D eigenvalue weighted by Crippen LogP contribution is 2.33. The average Bonchev–Trinajstić information content (AvgIpc) is 3.20. The molecule has 1 fully saturated rings. The largest absolute Gasteiger partial charge is 0.416 e. The Hall–Kier alpha value is -3.01. The third-order valence-electron chi connectivity index (χ3n) is 6.31. The van der Waals surface area contributed by atoms with E-state index in [1.165, 1.54) is 6.07 Å². The van der Waals surface area contributed by atoms with Gasteiger partial charge in [-0.15, -0.1) is 10.2 Å². The second-order valence-electron chi connectivity index (χ2n) is 8.40. The van der Waals surface area contributed by atoms with Crippen molar-refractivity contribution < 1.29 is 17.6 Å². The van der Waals surface area contributed by atoms with Crippen LogP contribution in [0, 0.1) is 19.7 Å². The highest BCUT2D eigenvalue weighted by atomic mass is 19.4. The van der Waals surface area contributed by atoms with Gasteiger partial charge in [-0.1, -0.05) is 6.07 Å². The molecule has 0 spiro atoms. The molecule has 1 aliphatic rings. The van der Waals surface area contributed by atoms with Gasteiger partial charge < -0.3 is 10.2 Å². The number of hydrogen-bond donors (Lipinski definition) is 1. The highest BCUT2D eigenvalue weighted by Gasteiger charge is 2.34. The topological polar surface area (TPSA) is 58.9 Å². The van der Waals surface area contributed by atoms with Crippen LogP contribution >= 0.6 is 0 Å². The van der Waals surface area contributed by atoms with Gasteiger partial charge in [0.25, 0.3) is 0 Å². The van der Waals surface area contributed by atoms with Crippen LogP contribution in [0.5, 0.6) is 0 Å². The highest BCUT2D eigenvalue weighted by molar-refractivity contribution is 5.64. The van der Waals surface area contributed by atoms with Gasteiger partial charge in [0.1, 0.15) is 11.5 Å². The molecule has 0 radical (unpaired) electrons. The van der Waals surface area contributed by atoms with Crippen LogP contribution in [-0.4, -0.2) is 39.1 Å². The van der Waals surface area contributed by atoms with E-state index in [2.05, 4.69) is 25.5 Å². The van der Waals surface area contributed by atoms with Crippen molar-refractivity contribution in [1.29, 1.82) is 0 Å². The molecule has 3 aromatic rings. The number of anilines is 1. The third kappa shape index (κ3) is 4.85. The number of rotatable bonds is 5. The molecule has 33 heavy (non-hydrogen) atoms. The SMILES string of the molecule is Cc1c(-c2ccnn2C)nnc(N2CCC(NCc3ccc(F)cc3C(F)(F)F)CC2)c1C. The molecule has 0 unspecified atom stereocenters. The first-order chi connectivity index (χ1) is 15.6. The van der Waals surface area contributed by atoms with Crippen LogP contribution in [0.25, 0.3) is 11.4 Å². The van der Waals surface area contributed by atoms with Crippen LogP contribution in [0.3, 0.4) is 0 Å². The van der Waals surface area contributed by atoms with Crippen molar-refractivity contribution in [3.63, 3.8) is 0 Å². The molecule has 0 amide bonds. The van der Waals surface area contributed by atoms with Gasteiger partial charge in [0, 0.05) is 38.9 Å². The Kier molecular flexibility index (Phi) is 6.38. The number of aromatic nitrogens is 4. The summed E-state index contributed by atoms with van der Waals surface area (Å²) in [7, 11) is 1.86. The van der Waals surface area contributed by atoms with Gasteiger partial charge in [0.2, 0.25) is 0 Å². The van der Waals surface area contributed by atoms with Gasteiger partial charge in [-0.05, 0) is 61.6 Å². The Balaban J connectivity index is 1.40. The normalized spacial score (nSPS) is 15.3. The average molecular weight is 462 g/mol. The van der Waals surface area contributed by atoms with E-state index in [-0.39, 0.29) is 18.2 Å². The van der Waals surface area contributed by atoms with E-state index in [1.807, 2.05) is 27.0 Å². The fourth-order valence-corrected chi connectivity index (χ4v) is 4.26. The molecule has 4 rings (SSSR count). The quantitative estimate of drug-likeness (QED) is 0.570. The summed E-state index contributed by atoms with van der Waals surface area (Å²) in [6.45, 7) is 5.51. The van der Waals surface area contributed by atoms with Crippen molar-refractivity contribution in [3.05, 3.63) is 58.5 Å². The first-order valence-electron chi connectivity index (χ1n) is 10.8. The van der Waals surface area contributed by atoms with E-state index >= 15 is 0 Å². The second-order valence-corrected chi connectivity index (χ2v) is 8.40. The summed E-state index contributed by atoms with van der Waals surface area (Å²) in [6.07, 6.45) is -1.35. The Morgan fingerprint density at radius 1 is 1.06 bits per heavy atom. The van der Waals surface area contributed by atoms with Crippen molar-refractivity contribution >= 4 is 5.82 Å². The molecule has 10 heteroatoms. The molecule has 0 aliphatic carbocycles. The molecular formula is C23H26F4N6. The molecule has 3 heterocycles. The van der Waals surface area contributed by atoms with Gasteiger partial charge in [-0.2, -0.15) is 18.3 Å². The number of piperidine rings is 1. The summed E-state index contributed by atoms with van der Waals surface area (Å²) >= 11 is 0. The molecule has 1 aliphatic heterocycles. The maximum Gasteiger partial charge on any atom is 0.416 e. The minimum absolute atomic E-state index is 0.0388. The zero-order valence-electron chi connectivity index (χ0n) is 18.7. The number of alkyl halides is 3. The van der Waals surface area contributed by atoms with E-state index in [1.54, 1.807) is 10.9 Å². The van der Waals surface area contributed by atoms with E-state index < -0.39 is 17.6 Å². The van der Waals surface area contributed by atoms with Gasteiger partial charge in [0.05, 0.1) is 11.3 Å². The van der Waals surface area contributed by atoms with E-state index in [4.69, 9.17) is 0 Å². The Morgan fingerprint density at radius 3 is 2.42 bits per heavy atom. The number of aryl methyl sites for hydroxylation is 1. The van der Waals surface area contributed by atoms with Crippen molar-refractivity contribution in [2.75, 3.05) is 18.0 Å². The smallest absolute Gasteiger partial charge is 0.355 e. The lowest BCUT2D eigenvalue weighted by atomic mass is 10.0. The molecule has 1 saturated heterocycles. The van der Waals surface area contributed by atoms with Crippen LogP contribution < -0.4 is 10.2 Å². The Morgan fingerprint density at radius 2 is 1.79 bits per heavy atom. The van der Waals surface area contributed by atoms with Gasteiger partial charge in [-0.25, -0.2) is 4.39 Å². The Bertz CT molecular complexity index is 1130. The predicted octanol–water partition coefficient (Wildman–Crippen LogP) is 4.41. The summed E-state index contributed by atoms with van der Waals surface area (Å²) in [5, 5.41) is 16.3. The van der Waals surface area contributed by atoms with Crippen molar-refractivity contribution in [3.8, 4) is 11.4 Å². The lowest BCUT2D eigenvalue weighted by Gasteiger charge is -2.34. The van der Waals surface area contributed by atoms with Crippen LogP contribution in [0.4, 0.5) is 23.4 Å². The molecule has 0 bridgehead atoms. The fraction of sp³-hybridized carbons (Fsp3) is 0.435. The monoisotopic (exact) mass is 462 g/mol. The molecule has 176 valence electrons. The first kappa shape index (κ1) is 23.2. The maximum atomic E-state index is 13.3. The minimum atomic E-state index is -4.59. The lowest BCUT2D eigenvalue weighted by molar-refractivity contribution is -0.138. The number of halogens is 4. The van der Waals surface area contributed by atoms with Crippen molar-refractivity contribution in [1.82, 2.24) is 25.3 Å². The standard InChI is InChI=1S/C23H26F4N6/c1-14-15(2)22(31-30-21(14)20-6-9-29-32(20)3)33-10-7-18(8-11-33)28-13-16-4-5-17(24)12-19(16)23(25,26)27/h4-6,9,12,18,28H,7-8,10-11,13H2,1-3H3. The summed E-state index contributed by atoms with van der Waals surface area (Å²) < 4.78 is 54.8. The van der Waals surface area contributed by atoms with Crippen molar-refractivity contribution in [2.45, 2.75) is 45.5 Å². The van der Waals surface area contributed by atoms with Crippen molar-refractivity contribution in [2.24, 2.45) is 7.05 Å². The van der Waals surface area contributed by atoms with E-state index in [0.717, 1.165) is 47.2 Å². The van der Waals surface area contributed by atoms with E-state index in [0.29, 0.717) is 19.2 Å². The van der Waals surface area contributed by atoms with Gasteiger partial charge in [-0.3, -0.25) is 4.68 Å². The number of benzene rings is 1. The van der Waals surface area contributed by atoms with E-state index in [9.17, 15) is 17.6 Å². The molecule has 6 nitrogen and oxygen atoms in total. The molecular weight excluding hydrogens is 436 g/mol. The third-order valence-corrected chi connectivity index (χ3v) is 6.31. The number of nitrogens with zero attached hydrogens (tertiary/aromatic N) is 5. The minimum Gasteiger partial charge on any atom is -0.355 e. The van der Waals surface area contributed by atoms with Gasteiger partial charge >= 0.3 is 6.18 Å². The molecule has 1 aromatic carbocycles. The van der Waals surface area contributed by atoms with Crippen LogP contribution in [0.15, 0.2) is 30.5 Å². The second kappa shape index (κ2) is 9.09. The van der Waals surface area contributed by atoms with Crippen LogP contribution in [0.2, 0.25) is 0 Å².